The molecule has 2 aromatic heterocycles. The number of aryl methyl sites for hydroxylation is 2. The van der Waals surface area contributed by atoms with Gasteiger partial charge in [0.15, 0.2) is 17.3 Å². The van der Waals surface area contributed by atoms with Gasteiger partial charge in [-0.3, -0.25) is 4.79 Å². The van der Waals surface area contributed by atoms with Crippen molar-refractivity contribution in [2.75, 3.05) is 7.11 Å². The van der Waals surface area contributed by atoms with Crippen LogP contribution in [0.15, 0.2) is 97.3 Å². The third-order valence-corrected chi connectivity index (χ3v) is 9.08. The molecule has 5 aromatic rings. The summed E-state index contributed by atoms with van der Waals surface area (Å²) in [6, 6.07) is 23.3. The number of hydrogen-bond acceptors (Lipinski definition) is 7. The lowest BCUT2D eigenvalue weighted by Crippen LogP contribution is -2.16. The van der Waals surface area contributed by atoms with Crippen molar-refractivity contribution in [2.45, 2.75) is 27.1 Å². The number of carbonyl (C=O) groups excluding carboxylic acids is 1. The van der Waals surface area contributed by atoms with Crippen molar-refractivity contribution in [1.82, 2.24) is 9.99 Å². The van der Waals surface area contributed by atoms with Crippen LogP contribution in [0.3, 0.4) is 0 Å². The SMILES string of the molecule is COc1cc(/C=N/NC(=O)c2ccc(COc3ccc(-n4c(C)ccc4C)cc3)o2)c(Br)c(Br)c1OCc1cccc(C(=O)O)c1. The number of methoxy groups -OCH3 is 1. The summed E-state index contributed by atoms with van der Waals surface area (Å²) in [5.41, 5.74) is 7.25. The van der Waals surface area contributed by atoms with E-state index in [9.17, 15) is 14.7 Å². The highest BCUT2D eigenvalue weighted by Crippen LogP contribution is 2.42. The number of aromatic nitrogens is 1. The van der Waals surface area contributed by atoms with Crippen molar-refractivity contribution < 1.29 is 33.3 Å². The standard InChI is InChI=1S/C34H29Br2N3O7/c1-20-7-8-21(2)39(20)25-9-11-26(12-10-25)44-19-27-13-14-28(46-27)33(40)38-37-17-24-16-29(43-3)32(31(36)30(24)35)45-18-22-5-4-6-23(15-22)34(41)42/h4-17H,18-19H2,1-3H3,(H,38,40)(H,41,42)/b37-17+. The van der Waals surface area contributed by atoms with Gasteiger partial charge in [-0.05, 0) is 118 Å². The maximum atomic E-state index is 12.7. The van der Waals surface area contributed by atoms with Crippen LogP contribution >= 0.6 is 31.9 Å². The lowest BCUT2D eigenvalue weighted by atomic mass is 10.1. The Morgan fingerprint density at radius 1 is 0.935 bits per heavy atom. The van der Waals surface area contributed by atoms with Crippen LogP contribution < -0.4 is 19.6 Å². The average molecular weight is 751 g/mol. The second kappa shape index (κ2) is 14.5. The lowest BCUT2D eigenvalue weighted by molar-refractivity contribution is 0.0696. The molecule has 2 N–H and O–H groups in total. The third-order valence-electron chi connectivity index (χ3n) is 6.94. The predicted molar refractivity (Wildman–Crippen MR) is 179 cm³/mol. The summed E-state index contributed by atoms with van der Waals surface area (Å²) in [6.45, 7) is 4.39. The van der Waals surface area contributed by atoms with Gasteiger partial charge in [0.05, 0.1) is 23.4 Å². The minimum absolute atomic E-state index is 0.0817. The van der Waals surface area contributed by atoms with Crippen molar-refractivity contribution >= 4 is 50.0 Å². The van der Waals surface area contributed by atoms with Gasteiger partial charge in [0.2, 0.25) is 0 Å². The van der Waals surface area contributed by atoms with E-state index in [2.05, 4.69) is 72.9 Å². The molecule has 0 unspecified atom stereocenters. The first-order chi connectivity index (χ1) is 22.1. The van der Waals surface area contributed by atoms with E-state index in [1.807, 2.05) is 24.3 Å². The maximum Gasteiger partial charge on any atom is 0.335 e. The zero-order chi connectivity index (χ0) is 32.8. The van der Waals surface area contributed by atoms with E-state index >= 15 is 0 Å². The van der Waals surface area contributed by atoms with Gasteiger partial charge in [0, 0.05) is 27.1 Å². The van der Waals surface area contributed by atoms with E-state index in [4.69, 9.17) is 18.6 Å². The van der Waals surface area contributed by atoms with E-state index in [1.165, 1.54) is 19.4 Å². The number of carboxylic acid groups (broad SMARTS) is 1. The van der Waals surface area contributed by atoms with Gasteiger partial charge in [-0.2, -0.15) is 5.10 Å². The molecular formula is C34H29Br2N3O7. The molecule has 0 saturated carbocycles. The molecule has 0 aliphatic heterocycles. The van der Waals surface area contributed by atoms with E-state index in [0.717, 1.165) is 17.1 Å². The van der Waals surface area contributed by atoms with Crippen molar-refractivity contribution in [3.8, 4) is 22.9 Å². The van der Waals surface area contributed by atoms with Gasteiger partial charge in [-0.15, -0.1) is 0 Å². The number of hydrazone groups is 1. The average Bonchev–Trinajstić information content (AvgIpc) is 3.67. The second-order valence-corrected chi connectivity index (χ2v) is 11.7. The van der Waals surface area contributed by atoms with Crippen LogP contribution in [0.1, 0.15) is 49.2 Å². The maximum absolute atomic E-state index is 12.7. The molecule has 12 heteroatoms. The number of nitrogens with one attached hydrogen (secondary N) is 1. The summed E-state index contributed by atoms with van der Waals surface area (Å²) < 4.78 is 26.3. The number of carboxylic acids is 1. The first kappa shape index (κ1) is 32.6. The van der Waals surface area contributed by atoms with Crippen LogP contribution in [0, 0.1) is 13.8 Å². The van der Waals surface area contributed by atoms with Crippen molar-refractivity contribution in [2.24, 2.45) is 5.10 Å². The van der Waals surface area contributed by atoms with Gasteiger partial charge < -0.3 is 28.3 Å². The summed E-state index contributed by atoms with van der Waals surface area (Å²) in [5.74, 6) is 0.497. The van der Waals surface area contributed by atoms with Crippen LogP contribution in [0.4, 0.5) is 0 Å². The Balaban J connectivity index is 1.17. The molecule has 5 rings (SSSR count). The molecule has 2 heterocycles. The molecule has 0 aliphatic carbocycles. The summed E-state index contributed by atoms with van der Waals surface area (Å²) in [6.07, 6.45) is 1.45. The molecule has 0 atom stereocenters. The van der Waals surface area contributed by atoms with Crippen LogP contribution in [0.2, 0.25) is 0 Å². The molecule has 0 saturated heterocycles. The Labute approximate surface area is 281 Å². The van der Waals surface area contributed by atoms with Crippen LogP contribution in [0.5, 0.6) is 17.2 Å². The summed E-state index contributed by atoms with van der Waals surface area (Å²) in [7, 11) is 1.50. The van der Waals surface area contributed by atoms with Crippen molar-refractivity contribution in [1.29, 1.82) is 0 Å². The minimum Gasteiger partial charge on any atom is -0.493 e. The number of nitrogens with zero attached hydrogens (tertiary/aromatic N) is 2. The number of amides is 1. The quantitative estimate of drug-likeness (QED) is 0.0984. The number of benzene rings is 3. The van der Waals surface area contributed by atoms with Gasteiger partial charge in [-0.25, -0.2) is 10.2 Å². The fourth-order valence-electron chi connectivity index (χ4n) is 4.65. The molecule has 0 radical (unpaired) electrons. The number of rotatable bonds is 12. The van der Waals surface area contributed by atoms with Crippen molar-refractivity contribution in [3.05, 3.63) is 127 Å². The van der Waals surface area contributed by atoms with Gasteiger partial charge in [0.1, 0.15) is 24.7 Å². The number of furan rings is 1. The highest BCUT2D eigenvalue weighted by Gasteiger charge is 2.18. The monoisotopic (exact) mass is 749 g/mol. The molecular weight excluding hydrogens is 722 g/mol. The van der Waals surface area contributed by atoms with Gasteiger partial charge in [-0.1, -0.05) is 12.1 Å². The Kier molecular flexibility index (Phi) is 10.3. The normalized spacial score (nSPS) is 11.1. The van der Waals surface area contributed by atoms with Gasteiger partial charge in [0.25, 0.3) is 0 Å². The van der Waals surface area contributed by atoms with Crippen molar-refractivity contribution in [3.63, 3.8) is 0 Å². The molecule has 10 nitrogen and oxygen atoms in total. The number of ether oxygens (including phenoxy) is 3. The Morgan fingerprint density at radius 3 is 2.37 bits per heavy atom. The van der Waals surface area contributed by atoms with Crippen LogP contribution in [0.25, 0.3) is 5.69 Å². The molecule has 3 aromatic carbocycles. The number of hydrogen-bond donors (Lipinski definition) is 2. The fraction of sp³-hybridized carbons (Fsp3) is 0.147. The largest absolute Gasteiger partial charge is 0.493 e. The minimum atomic E-state index is -1.02. The van der Waals surface area contributed by atoms with E-state index < -0.39 is 11.9 Å². The topological polar surface area (TPSA) is 125 Å². The first-order valence-corrected chi connectivity index (χ1v) is 15.5. The van der Waals surface area contributed by atoms with E-state index in [1.54, 1.807) is 36.4 Å². The van der Waals surface area contributed by atoms with Gasteiger partial charge >= 0.3 is 11.9 Å². The van der Waals surface area contributed by atoms with Crippen LogP contribution in [-0.2, 0) is 13.2 Å². The third kappa shape index (κ3) is 7.52. The summed E-state index contributed by atoms with van der Waals surface area (Å²) >= 11 is 7.05. The zero-order valence-corrected chi connectivity index (χ0v) is 28.2. The summed E-state index contributed by atoms with van der Waals surface area (Å²) in [5, 5.41) is 13.3. The molecule has 0 bridgehead atoms. The number of carbonyl (C=O) groups is 2. The van der Waals surface area contributed by atoms with Crippen LogP contribution in [-0.4, -0.2) is 34.9 Å². The molecule has 1 amide bonds. The second-order valence-electron chi connectivity index (χ2n) is 10.1. The highest BCUT2D eigenvalue weighted by molar-refractivity contribution is 9.13. The predicted octanol–water partition coefficient (Wildman–Crippen LogP) is 7.84. The van der Waals surface area contributed by atoms with E-state index in [-0.39, 0.29) is 24.5 Å². The first-order valence-electron chi connectivity index (χ1n) is 14.0. The molecule has 236 valence electrons. The zero-order valence-electron chi connectivity index (χ0n) is 25.0. The van der Waals surface area contributed by atoms with E-state index in [0.29, 0.717) is 43.1 Å². The Hall–Kier alpha value is -4.81. The lowest BCUT2D eigenvalue weighted by Gasteiger charge is -2.15. The molecule has 0 fully saturated rings. The Morgan fingerprint density at radius 2 is 1.67 bits per heavy atom. The smallest absolute Gasteiger partial charge is 0.335 e. The molecule has 0 aliphatic rings. The number of aromatic carboxylic acids is 1. The highest BCUT2D eigenvalue weighted by atomic mass is 79.9. The fourth-order valence-corrected chi connectivity index (χ4v) is 5.58. The summed E-state index contributed by atoms with van der Waals surface area (Å²) in [4.78, 5) is 24.0. The molecule has 0 spiro atoms. The Bertz CT molecular complexity index is 1890. The molecule has 46 heavy (non-hydrogen) atoms. The number of halogens is 2.